The van der Waals surface area contributed by atoms with E-state index in [1.807, 2.05) is 12.1 Å². The van der Waals surface area contributed by atoms with Crippen molar-refractivity contribution >= 4 is 17.4 Å². The fraction of sp³-hybridized carbons (Fsp3) is 0.615. The molecule has 5 heteroatoms. The van der Waals surface area contributed by atoms with Crippen molar-refractivity contribution in [1.82, 2.24) is 9.88 Å². The SMILES string of the molecule is CN1CCC(N(C)c2ccc(Cl)c(CN)n2)CC1. The number of nitrogens with two attached hydrogens (primary N) is 1. The summed E-state index contributed by atoms with van der Waals surface area (Å²) in [6.07, 6.45) is 2.35. The molecule has 2 heterocycles. The minimum atomic E-state index is 0.383. The van der Waals surface area contributed by atoms with E-state index in [0.29, 0.717) is 17.6 Å². The van der Waals surface area contributed by atoms with Gasteiger partial charge in [-0.15, -0.1) is 0 Å². The fourth-order valence-electron chi connectivity index (χ4n) is 2.38. The van der Waals surface area contributed by atoms with Crippen LogP contribution in [0, 0.1) is 0 Å². The van der Waals surface area contributed by atoms with E-state index in [4.69, 9.17) is 17.3 Å². The number of rotatable bonds is 3. The molecule has 0 unspecified atom stereocenters. The van der Waals surface area contributed by atoms with Gasteiger partial charge in [-0.25, -0.2) is 4.98 Å². The molecule has 0 atom stereocenters. The van der Waals surface area contributed by atoms with Gasteiger partial charge in [-0.1, -0.05) is 11.6 Å². The van der Waals surface area contributed by atoms with Crippen molar-refractivity contribution in [1.29, 1.82) is 0 Å². The second-order valence-electron chi connectivity index (χ2n) is 4.95. The first kappa shape index (κ1) is 13.6. The third kappa shape index (κ3) is 2.94. The first-order valence-corrected chi connectivity index (χ1v) is 6.76. The normalized spacial score (nSPS) is 18.0. The number of likely N-dealkylation sites (tertiary alicyclic amines) is 1. The third-order valence-corrected chi connectivity index (χ3v) is 4.04. The van der Waals surface area contributed by atoms with Gasteiger partial charge in [0.25, 0.3) is 0 Å². The molecule has 2 N–H and O–H groups in total. The van der Waals surface area contributed by atoms with Crippen LogP contribution in [-0.2, 0) is 6.54 Å². The number of anilines is 1. The van der Waals surface area contributed by atoms with Gasteiger partial charge < -0.3 is 15.5 Å². The maximum Gasteiger partial charge on any atom is 0.128 e. The lowest BCUT2D eigenvalue weighted by Gasteiger charge is -2.35. The highest BCUT2D eigenvalue weighted by molar-refractivity contribution is 6.31. The van der Waals surface area contributed by atoms with Gasteiger partial charge >= 0.3 is 0 Å². The maximum atomic E-state index is 6.04. The molecule has 1 saturated heterocycles. The molecule has 0 saturated carbocycles. The van der Waals surface area contributed by atoms with Crippen molar-refractivity contribution in [2.75, 3.05) is 32.1 Å². The van der Waals surface area contributed by atoms with Crippen LogP contribution in [0.5, 0.6) is 0 Å². The van der Waals surface area contributed by atoms with Gasteiger partial charge in [-0.05, 0) is 45.1 Å². The lowest BCUT2D eigenvalue weighted by atomic mass is 10.0. The highest BCUT2D eigenvalue weighted by atomic mass is 35.5. The second-order valence-corrected chi connectivity index (χ2v) is 5.35. The van der Waals surface area contributed by atoms with Crippen molar-refractivity contribution in [3.05, 3.63) is 22.8 Å². The Morgan fingerprint density at radius 1 is 1.44 bits per heavy atom. The fourth-order valence-corrected chi connectivity index (χ4v) is 2.56. The molecule has 0 amide bonds. The predicted molar refractivity (Wildman–Crippen MR) is 76.1 cm³/mol. The molecule has 0 radical (unpaired) electrons. The summed E-state index contributed by atoms with van der Waals surface area (Å²) in [6.45, 7) is 2.67. The molecule has 1 aromatic rings. The molecular weight excluding hydrogens is 248 g/mol. The molecule has 18 heavy (non-hydrogen) atoms. The first-order chi connectivity index (χ1) is 8.61. The Hall–Kier alpha value is -0.840. The van der Waals surface area contributed by atoms with Crippen molar-refractivity contribution in [2.45, 2.75) is 25.4 Å². The summed E-state index contributed by atoms with van der Waals surface area (Å²) in [5.74, 6) is 0.967. The Labute approximate surface area is 114 Å². The van der Waals surface area contributed by atoms with Gasteiger partial charge in [-0.3, -0.25) is 0 Å². The predicted octanol–water partition coefficient (Wildman–Crippen LogP) is 1.72. The van der Waals surface area contributed by atoms with Crippen LogP contribution in [0.1, 0.15) is 18.5 Å². The van der Waals surface area contributed by atoms with E-state index in [1.54, 1.807) is 0 Å². The van der Waals surface area contributed by atoms with Gasteiger partial charge in [-0.2, -0.15) is 0 Å². The molecule has 100 valence electrons. The zero-order valence-corrected chi connectivity index (χ0v) is 11.8. The molecule has 1 aliphatic rings. The van der Waals surface area contributed by atoms with Crippen molar-refractivity contribution in [2.24, 2.45) is 5.73 Å². The molecule has 1 aromatic heterocycles. The number of aromatic nitrogens is 1. The summed E-state index contributed by atoms with van der Waals surface area (Å²) in [4.78, 5) is 9.16. The quantitative estimate of drug-likeness (QED) is 0.907. The summed E-state index contributed by atoms with van der Waals surface area (Å²) in [5.41, 5.74) is 6.42. The van der Waals surface area contributed by atoms with Crippen LogP contribution in [0.2, 0.25) is 5.02 Å². The average molecular weight is 269 g/mol. The van der Waals surface area contributed by atoms with Gasteiger partial charge in [0.15, 0.2) is 0 Å². The van der Waals surface area contributed by atoms with Crippen LogP contribution >= 0.6 is 11.6 Å². The first-order valence-electron chi connectivity index (χ1n) is 6.38. The number of nitrogens with zero attached hydrogens (tertiary/aromatic N) is 3. The number of pyridine rings is 1. The standard InChI is InChI=1S/C13H21ClN4/c1-17-7-5-10(6-8-17)18(2)13-4-3-11(14)12(9-15)16-13/h3-4,10H,5-9,15H2,1-2H3. The monoisotopic (exact) mass is 268 g/mol. The smallest absolute Gasteiger partial charge is 0.128 e. The Balaban J connectivity index is 2.10. The maximum absolute atomic E-state index is 6.04. The average Bonchev–Trinajstić information content (AvgIpc) is 2.39. The summed E-state index contributed by atoms with van der Waals surface area (Å²) in [6, 6.07) is 4.41. The zero-order valence-electron chi connectivity index (χ0n) is 11.1. The summed E-state index contributed by atoms with van der Waals surface area (Å²) in [5, 5.41) is 0.651. The van der Waals surface area contributed by atoms with Crippen molar-refractivity contribution in [3.63, 3.8) is 0 Å². The lowest BCUT2D eigenvalue weighted by molar-refractivity contribution is 0.252. The van der Waals surface area contributed by atoms with E-state index in [9.17, 15) is 0 Å². The van der Waals surface area contributed by atoms with Crippen LogP contribution in [0.25, 0.3) is 0 Å². The summed E-state index contributed by atoms with van der Waals surface area (Å²) in [7, 11) is 4.27. The van der Waals surface area contributed by atoms with E-state index in [-0.39, 0.29) is 0 Å². The molecule has 0 bridgehead atoms. The zero-order chi connectivity index (χ0) is 13.1. The highest BCUT2D eigenvalue weighted by Gasteiger charge is 2.21. The summed E-state index contributed by atoms with van der Waals surface area (Å²) >= 11 is 6.04. The van der Waals surface area contributed by atoms with Gasteiger partial charge in [0.05, 0.1) is 10.7 Å². The van der Waals surface area contributed by atoms with Crippen LogP contribution in [0.15, 0.2) is 12.1 Å². The Morgan fingerprint density at radius 3 is 2.72 bits per heavy atom. The number of hydrogen-bond acceptors (Lipinski definition) is 4. The Morgan fingerprint density at radius 2 is 2.11 bits per heavy atom. The molecule has 0 aromatic carbocycles. The second kappa shape index (κ2) is 5.87. The van der Waals surface area contributed by atoms with E-state index in [0.717, 1.165) is 24.6 Å². The van der Waals surface area contributed by atoms with Crippen LogP contribution in [0.4, 0.5) is 5.82 Å². The summed E-state index contributed by atoms with van der Waals surface area (Å²) < 4.78 is 0. The van der Waals surface area contributed by atoms with E-state index >= 15 is 0 Å². The molecular formula is C13H21ClN4. The molecule has 0 aliphatic carbocycles. The van der Waals surface area contributed by atoms with Crippen LogP contribution in [-0.4, -0.2) is 43.1 Å². The van der Waals surface area contributed by atoms with Gasteiger partial charge in [0.1, 0.15) is 5.82 Å². The van der Waals surface area contributed by atoms with Crippen molar-refractivity contribution in [3.8, 4) is 0 Å². The third-order valence-electron chi connectivity index (χ3n) is 3.69. The van der Waals surface area contributed by atoms with Crippen LogP contribution in [0.3, 0.4) is 0 Å². The molecule has 2 rings (SSSR count). The minimum Gasteiger partial charge on any atom is -0.357 e. The van der Waals surface area contributed by atoms with E-state index in [1.165, 1.54) is 12.8 Å². The van der Waals surface area contributed by atoms with E-state index < -0.39 is 0 Å². The number of halogens is 1. The Kier molecular flexibility index (Phi) is 4.43. The molecule has 1 fully saturated rings. The van der Waals surface area contributed by atoms with E-state index in [2.05, 4.69) is 28.9 Å². The number of hydrogen-bond donors (Lipinski definition) is 1. The largest absolute Gasteiger partial charge is 0.357 e. The van der Waals surface area contributed by atoms with Gasteiger partial charge in [0.2, 0.25) is 0 Å². The van der Waals surface area contributed by atoms with Crippen LogP contribution < -0.4 is 10.6 Å². The topological polar surface area (TPSA) is 45.4 Å². The number of piperidine rings is 1. The molecule has 4 nitrogen and oxygen atoms in total. The molecule has 1 aliphatic heterocycles. The lowest BCUT2D eigenvalue weighted by Crippen LogP contribution is -2.42. The Bertz CT molecular complexity index is 402. The minimum absolute atomic E-state index is 0.383. The highest BCUT2D eigenvalue weighted by Crippen LogP contribution is 2.23. The van der Waals surface area contributed by atoms with Crippen molar-refractivity contribution < 1.29 is 0 Å². The van der Waals surface area contributed by atoms with Gasteiger partial charge in [0, 0.05) is 19.6 Å². The molecule has 0 spiro atoms.